The summed E-state index contributed by atoms with van der Waals surface area (Å²) in [6.45, 7) is 0. The minimum absolute atomic E-state index is 0.0558. The van der Waals surface area contributed by atoms with E-state index in [2.05, 4.69) is 24.3 Å². The Morgan fingerprint density at radius 3 is 1.92 bits per heavy atom. The predicted molar refractivity (Wildman–Crippen MR) is 213 cm³/mol. The van der Waals surface area contributed by atoms with Gasteiger partial charge in [0.05, 0.1) is 8.22 Å². The Kier molecular flexibility index (Phi) is 5.54. The lowest BCUT2D eigenvalue weighted by Gasteiger charge is -2.09. The molecule has 0 saturated heterocycles. The fourth-order valence-corrected chi connectivity index (χ4v) is 8.70. The lowest BCUT2D eigenvalue weighted by Crippen LogP contribution is -2.00. The van der Waals surface area contributed by atoms with Crippen LogP contribution in [0.1, 0.15) is 8.22 Å². The first kappa shape index (κ1) is 23.4. The molecule has 3 nitrogen and oxygen atoms in total. The second kappa shape index (κ2) is 11.8. The van der Waals surface area contributed by atoms with Gasteiger partial charge in [-0.15, -0.1) is 22.7 Å². The van der Waals surface area contributed by atoms with Crippen LogP contribution in [0.15, 0.2) is 164 Å². The molecule has 0 N–H and O–H groups in total. The zero-order valence-corrected chi connectivity index (χ0v) is 27.9. The number of rotatable bonds is 5. The van der Waals surface area contributed by atoms with E-state index in [1.165, 1.54) is 21.4 Å². The van der Waals surface area contributed by atoms with Gasteiger partial charge in [-0.3, -0.25) is 0 Å². The molecule has 10 aromatic rings. The van der Waals surface area contributed by atoms with E-state index >= 15 is 0 Å². The molecule has 5 heteroatoms. The summed E-state index contributed by atoms with van der Waals surface area (Å²) in [4.78, 5) is 14.6. The highest BCUT2D eigenvalue weighted by molar-refractivity contribution is 7.26. The van der Waals surface area contributed by atoms with Gasteiger partial charge in [-0.2, -0.15) is 0 Å². The molecule has 0 aliphatic heterocycles. The average Bonchev–Trinajstić information content (AvgIpc) is 3.82. The Labute approximate surface area is 305 Å². The van der Waals surface area contributed by atoms with Crippen LogP contribution in [0, 0.1) is 0 Å². The van der Waals surface area contributed by atoms with E-state index < -0.39 is 0 Å². The fourth-order valence-electron chi connectivity index (χ4n) is 6.41. The highest BCUT2D eigenvalue weighted by Gasteiger charge is 2.16. The smallest absolute Gasteiger partial charge is 0.164 e. The van der Waals surface area contributed by atoms with E-state index in [-0.39, 0.29) is 53.0 Å². The summed E-state index contributed by atoms with van der Waals surface area (Å²) in [7, 11) is 0. The first-order chi connectivity index (χ1) is 27.3. The number of nitrogens with zero attached hydrogens (tertiary/aromatic N) is 3. The van der Waals surface area contributed by atoms with Gasteiger partial charge in [0.25, 0.3) is 0 Å². The summed E-state index contributed by atoms with van der Waals surface area (Å²) in [5.74, 6) is 0.842. The maximum atomic E-state index is 9.62. The SMILES string of the molecule is [2H]c1c([2H])c([2H])c2c(sc3c([2H])c(-c4nc(-c5ccccc5)nc(-c5ccc6c(c5)sc5ccccc56)n4)c([2H])c([2H])c32)c1-c1cccc(-c2ccccc2)c1. The highest BCUT2D eigenvalue weighted by Crippen LogP contribution is 2.42. The van der Waals surface area contributed by atoms with Gasteiger partial charge in [0.15, 0.2) is 17.5 Å². The van der Waals surface area contributed by atoms with E-state index in [1.807, 2.05) is 103 Å². The first-order valence-corrected chi connectivity index (χ1v) is 17.7. The molecule has 0 aliphatic carbocycles. The maximum absolute atomic E-state index is 9.62. The molecule has 234 valence electrons. The molecule has 0 unspecified atom stereocenters. The van der Waals surface area contributed by atoms with E-state index in [4.69, 9.17) is 19.1 Å². The first-order valence-electron chi connectivity index (χ1n) is 19.1. The predicted octanol–water partition coefficient (Wildman–Crippen LogP) is 12.9. The second-order valence-electron chi connectivity index (χ2n) is 11.9. The molecule has 10 rings (SSSR count). The Bertz CT molecular complexity index is 3220. The third kappa shape index (κ3) is 4.98. The minimum atomic E-state index is -0.274. The molecule has 50 heavy (non-hydrogen) atoms. The third-order valence-corrected chi connectivity index (χ3v) is 11.1. The molecule has 0 amide bonds. The standard InChI is InChI=1S/C45H27N3S2/c1-3-11-28(12-4-1)30-15-9-16-31(25-30)34-18-10-19-38-37-24-22-33(27-41(37)50-42(34)38)45-47-43(29-13-5-2-6-14-29)46-44(48-45)32-21-23-36-35-17-7-8-20-39(35)49-40(36)26-32/h1-27H/i10D,18D,19D,22D,24D,27D. The van der Waals surface area contributed by atoms with Crippen LogP contribution in [0.3, 0.4) is 0 Å². The van der Waals surface area contributed by atoms with Crippen LogP contribution in [0.2, 0.25) is 0 Å². The summed E-state index contributed by atoms with van der Waals surface area (Å²) in [5, 5.41) is 2.85. The van der Waals surface area contributed by atoms with Crippen molar-refractivity contribution < 1.29 is 8.22 Å². The van der Waals surface area contributed by atoms with Crippen molar-refractivity contribution in [3.63, 3.8) is 0 Å². The molecule has 0 fully saturated rings. The van der Waals surface area contributed by atoms with Gasteiger partial charge in [-0.25, -0.2) is 15.0 Å². The number of aromatic nitrogens is 3. The summed E-state index contributed by atoms with van der Waals surface area (Å²) >= 11 is 2.89. The van der Waals surface area contributed by atoms with Gasteiger partial charge in [0.2, 0.25) is 0 Å². The van der Waals surface area contributed by atoms with E-state index in [0.29, 0.717) is 37.6 Å². The third-order valence-electron chi connectivity index (χ3n) is 8.85. The van der Waals surface area contributed by atoms with Crippen molar-refractivity contribution in [2.75, 3.05) is 0 Å². The minimum Gasteiger partial charge on any atom is -0.208 e. The van der Waals surface area contributed by atoms with Crippen molar-refractivity contribution in [3.05, 3.63) is 164 Å². The normalized spacial score (nSPS) is 13.3. The molecule has 0 spiro atoms. The molecule has 0 aliphatic rings. The quantitative estimate of drug-likeness (QED) is 0.182. The van der Waals surface area contributed by atoms with E-state index in [9.17, 15) is 4.11 Å². The average molecular weight is 680 g/mol. The van der Waals surface area contributed by atoms with Gasteiger partial charge in [0, 0.05) is 57.0 Å². The number of thiophene rings is 2. The fraction of sp³-hybridized carbons (Fsp3) is 0. The van der Waals surface area contributed by atoms with Crippen molar-refractivity contribution in [1.29, 1.82) is 0 Å². The van der Waals surface area contributed by atoms with Crippen molar-refractivity contribution in [2.24, 2.45) is 0 Å². The van der Waals surface area contributed by atoms with Crippen molar-refractivity contribution in [1.82, 2.24) is 15.0 Å². The molecule has 3 aromatic heterocycles. The number of hydrogen-bond donors (Lipinski definition) is 0. The van der Waals surface area contributed by atoms with Gasteiger partial charge in [0.1, 0.15) is 0 Å². The number of fused-ring (bicyclic) bond motifs is 6. The summed E-state index contributed by atoms with van der Waals surface area (Å²) in [5.41, 5.74) is 4.64. The van der Waals surface area contributed by atoms with Crippen LogP contribution in [0.4, 0.5) is 0 Å². The lowest BCUT2D eigenvalue weighted by atomic mass is 9.98. The van der Waals surface area contributed by atoms with Crippen LogP contribution >= 0.6 is 22.7 Å². The van der Waals surface area contributed by atoms with Gasteiger partial charge in [-0.1, -0.05) is 139 Å². The van der Waals surface area contributed by atoms with Crippen LogP contribution < -0.4 is 0 Å². The Balaban J connectivity index is 1.21. The molecule has 7 aromatic carbocycles. The number of benzene rings is 7. The molecule has 3 heterocycles. The summed E-state index contributed by atoms with van der Waals surface area (Å²) in [6, 6.07) is 40.4. The van der Waals surface area contributed by atoms with Crippen molar-refractivity contribution >= 4 is 63.0 Å². The Morgan fingerprint density at radius 1 is 0.400 bits per heavy atom. The van der Waals surface area contributed by atoms with Gasteiger partial charge < -0.3 is 0 Å². The molecule has 0 atom stereocenters. The molecule has 0 bridgehead atoms. The summed E-state index contributed by atoms with van der Waals surface area (Å²) in [6.07, 6.45) is 0. The Hall–Kier alpha value is -6.01. The van der Waals surface area contributed by atoms with Crippen LogP contribution in [0.25, 0.3) is 96.8 Å². The summed E-state index contributed by atoms with van der Waals surface area (Å²) < 4.78 is 58.4. The molecule has 0 saturated carbocycles. The zero-order chi connectivity index (χ0) is 38.2. The molecular formula is C45H27N3S2. The van der Waals surface area contributed by atoms with Crippen molar-refractivity contribution in [3.8, 4) is 56.4 Å². The van der Waals surface area contributed by atoms with Gasteiger partial charge in [-0.05, 0) is 46.5 Å². The van der Waals surface area contributed by atoms with Crippen molar-refractivity contribution in [2.45, 2.75) is 0 Å². The molecular weight excluding hydrogens is 647 g/mol. The van der Waals surface area contributed by atoms with Crippen LogP contribution in [-0.4, -0.2) is 15.0 Å². The van der Waals surface area contributed by atoms with Gasteiger partial charge >= 0.3 is 0 Å². The Morgan fingerprint density at radius 2 is 1.08 bits per heavy atom. The van der Waals surface area contributed by atoms with E-state index in [0.717, 1.165) is 32.3 Å². The number of hydrogen-bond acceptors (Lipinski definition) is 5. The largest absolute Gasteiger partial charge is 0.208 e. The maximum Gasteiger partial charge on any atom is 0.164 e. The monoisotopic (exact) mass is 679 g/mol. The topological polar surface area (TPSA) is 38.7 Å². The highest BCUT2D eigenvalue weighted by atomic mass is 32.1. The zero-order valence-electron chi connectivity index (χ0n) is 32.3. The van der Waals surface area contributed by atoms with E-state index in [1.54, 1.807) is 11.3 Å². The lowest BCUT2D eigenvalue weighted by molar-refractivity contribution is 1.08. The molecule has 0 radical (unpaired) electrons. The van der Waals surface area contributed by atoms with Crippen LogP contribution in [0.5, 0.6) is 0 Å². The second-order valence-corrected chi connectivity index (χ2v) is 14.0. The van der Waals surface area contributed by atoms with Crippen LogP contribution in [-0.2, 0) is 0 Å².